The van der Waals surface area contributed by atoms with Crippen molar-refractivity contribution in [3.63, 3.8) is 0 Å². The predicted octanol–water partition coefficient (Wildman–Crippen LogP) is 2.11. The van der Waals surface area contributed by atoms with Crippen molar-refractivity contribution < 1.29 is 27.5 Å². The molecule has 0 atom stereocenters. The van der Waals surface area contributed by atoms with Gasteiger partial charge in [-0.15, -0.1) is 0 Å². The number of nitrogens with one attached hydrogen (secondary N) is 1. The van der Waals surface area contributed by atoms with Crippen LogP contribution in [0.25, 0.3) is 0 Å². The van der Waals surface area contributed by atoms with E-state index in [2.05, 4.69) is 5.32 Å². The second-order valence-electron chi connectivity index (χ2n) is 6.63. The summed E-state index contributed by atoms with van der Waals surface area (Å²) in [6.45, 7) is 3.05. The normalized spacial score (nSPS) is 11.2. The lowest BCUT2D eigenvalue weighted by Crippen LogP contribution is -2.24. The lowest BCUT2D eigenvalue weighted by atomic mass is 10.1. The van der Waals surface area contributed by atoms with Crippen LogP contribution in [0.15, 0.2) is 47.4 Å². The highest BCUT2D eigenvalue weighted by molar-refractivity contribution is 7.89. The van der Waals surface area contributed by atoms with Gasteiger partial charge >= 0.3 is 5.97 Å². The van der Waals surface area contributed by atoms with E-state index in [0.29, 0.717) is 11.4 Å². The monoisotopic (exact) mass is 420 g/mol. The summed E-state index contributed by atoms with van der Waals surface area (Å²) in [4.78, 5) is 23.8. The van der Waals surface area contributed by atoms with Crippen molar-refractivity contribution in [2.45, 2.75) is 18.7 Å². The number of hydrogen-bond acceptors (Lipinski definition) is 6. The highest BCUT2D eigenvalue weighted by Gasteiger charge is 2.17. The van der Waals surface area contributed by atoms with Crippen LogP contribution in [0.3, 0.4) is 0 Å². The number of ether oxygens (including phenoxy) is 2. The van der Waals surface area contributed by atoms with E-state index in [-0.39, 0.29) is 11.5 Å². The van der Waals surface area contributed by atoms with Gasteiger partial charge in [0.15, 0.2) is 13.2 Å². The number of anilines is 1. The second-order valence-corrected chi connectivity index (χ2v) is 8.78. The minimum Gasteiger partial charge on any atom is -0.482 e. The Labute approximate surface area is 170 Å². The van der Waals surface area contributed by atoms with E-state index in [1.807, 2.05) is 19.9 Å². The highest BCUT2D eigenvalue weighted by Crippen LogP contribution is 2.17. The summed E-state index contributed by atoms with van der Waals surface area (Å²) in [5.41, 5.74) is 2.41. The van der Waals surface area contributed by atoms with Crippen LogP contribution in [0.2, 0.25) is 0 Å². The van der Waals surface area contributed by atoms with E-state index in [9.17, 15) is 18.0 Å². The molecule has 2 aromatic rings. The number of aryl methyl sites for hydroxylation is 2. The molecule has 1 amide bonds. The molecule has 2 rings (SSSR count). The van der Waals surface area contributed by atoms with Gasteiger partial charge in [0.05, 0.1) is 4.90 Å². The molecule has 8 nitrogen and oxygen atoms in total. The molecule has 29 heavy (non-hydrogen) atoms. The van der Waals surface area contributed by atoms with Crippen LogP contribution in [0.4, 0.5) is 5.69 Å². The Morgan fingerprint density at radius 1 is 0.966 bits per heavy atom. The number of carbonyl (C=O) groups is 2. The zero-order valence-corrected chi connectivity index (χ0v) is 17.6. The summed E-state index contributed by atoms with van der Waals surface area (Å²) in [6.07, 6.45) is 0. The lowest BCUT2D eigenvalue weighted by molar-refractivity contribution is -0.149. The Kier molecular flexibility index (Phi) is 7.35. The maximum atomic E-state index is 12.0. The van der Waals surface area contributed by atoms with Gasteiger partial charge < -0.3 is 14.8 Å². The first-order valence-corrected chi connectivity index (χ1v) is 10.2. The Morgan fingerprint density at radius 2 is 1.55 bits per heavy atom. The van der Waals surface area contributed by atoms with Gasteiger partial charge in [0.2, 0.25) is 10.0 Å². The van der Waals surface area contributed by atoms with Crippen molar-refractivity contribution >= 4 is 27.6 Å². The second kappa shape index (κ2) is 9.53. The predicted molar refractivity (Wildman–Crippen MR) is 108 cm³/mol. The molecular formula is C20H24N2O6S. The van der Waals surface area contributed by atoms with Crippen LogP contribution in [-0.2, 0) is 24.3 Å². The fourth-order valence-corrected chi connectivity index (χ4v) is 3.37. The topological polar surface area (TPSA) is 102 Å². The number of carbonyl (C=O) groups excluding carboxylic acids is 2. The van der Waals surface area contributed by atoms with E-state index < -0.39 is 28.5 Å². The van der Waals surface area contributed by atoms with Crippen molar-refractivity contribution in [2.75, 3.05) is 32.6 Å². The average molecular weight is 420 g/mol. The molecule has 0 aliphatic heterocycles. The fraction of sp³-hybridized carbons (Fsp3) is 0.300. The minimum atomic E-state index is -3.54. The lowest BCUT2D eigenvalue weighted by Gasteiger charge is -2.12. The molecule has 0 aromatic heterocycles. The summed E-state index contributed by atoms with van der Waals surface area (Å²) in [5.74, 6) is -0.670. The largest absolute Gasteiger partial charge is 0.482 e. The third-order valence-corrected chi connectivity index (χ3v) is 5.66. The van der Waals surface area contributed by atoms with E-state index in [0.717, 1.165) is 15.4 Å². The van der Waals surface area contributed by atoms with E-state index in [1.54, 1.807) is 12.1 Å². The van der Waals surface area contributed by atoms with E-state index in [4.69, 9.17) is 9.47 Å². The first kappa shape index (κ1) is 22.4. The van der Waals surface area contributed by atoms with Crippen molar-refractivity contribution in [3.05, 3.63) is 53.6 Å². The summed E-state index contributed by atoms with van der Waals surface area (Å²) < 4.78 is 35.4. The number of esters is 1. The number of rotatable bonds is 8. The van der Waals surface area contributed by atoms with Gasteiger partial charge in [-0.2, -0.15) is 0 Å². The number of benzene rings is 2. The average Bonchev–Trinajstić information content (AvgIpc) is 2.64. The standard InChI is InChI=1S/C20H24N2O6S/c1-14-9-15(2)11-17(10-14)27-13-20(24)28-12-19(23)21-16-5-7-18(8-6-16)29(25,26)22(3)4/h5-11H,12-13H2,1-4H3,(H,21,23). The molecule has 1 N–H and O–H groups in total. The number of hydrogen-bond donors (Lipinski definition) is 1. The molecule has 0 fully saturated rings. The third kappa shape index (κ3) is 6.58. The zero-order valence-electron chi connectivity index (χ0n) is 16.8. The maximum Gasteiger partial charge on any atom is 0.344 e. The Hall–Kier alpha value is -2.91. The first-order chi connectivity index (χ1) is 13.6. The summed E-state index contributed by atoms with van der Waals surface area (Å²) in [5, 5.41) is 2.53. The molecule has 0 bridgehead atoms. The molecule has 0 heterocycles. The van der Waals surface area contributed by atoms with Gasteiger partial charge in [0.25, 0.3) is 5.91 Å². The smallest absolute Gasteiger partial charge is 0.344 e. The van der Waals surface area contributed by atoms with Crippen LogP contribution in [0.5, 0.6) is 5.75 Å². The van der Waals surface area contributed by atoms with E-state index >= 15 is 0 Å². The van der Waals surface area contributed by atoms with Crippen LogP contribution >= 0.6 is 0 Å². The molecule has 0 spiro atoms. The van der Waals surface area contributed by atoms with Crippen LogP contribution in [0.1, 0.15) is 11.1 Å². The third-order valence-electron chi connectivity index (χ3n) is 3.83. The summed E-state index contributed by atoms with van der Waals surface area (Å²) in [6, 6.07) is 11.3. The molecule has 0 aliphatic rings. The molecule has 0 radical (unpaired) electrons. The highest BCUT2D eigenvalue weighted by atomic mass is 32.2. The molecule has 9 heteroatoms. The van der Waals surface area contributed by atoms with Crippen molar-refractivity contribution in [2.24, 2.45) is 0 Å². The minimum absolute atomic E-state index is 0.107. The molecule has 156 valence electrons. The summed E-state index contributed by atoms with van der Waals surface area (Å²) in [7, 11) is -0.673. The van der Waals surface area contributed by atoms with Crippen molar-refractivity contribution in [1.29, 1.82) is 0 Å². The van der Waals surface area contributed by atoms with Crippen LogP contribution in [0, 0.1) is 13.8 Å². The zero-order chi connectivity index (χ0) is 21.6. The SMILES string of the molecule is Cc1cc(C)cc(OCC(=O)OCC(=O)Nc2ccc(S(=O)(=O)N(C)C)cc2)c1. The van der Waals surface area contributed by atoms with Gasteiger partial charge in [-0.05, 0) is 61.4 Å². The molecule has 0 unspecified atom stereocenters. The van der Waals surface area contributed by atoms with Gasteiger partial charge in [-0.25, -0.2) is 17.5 Å². The van der Waals surface area contributed by atoms with Crippen LogP contribution in [-0.4, -0.2) is 51.9 Å². The Morgan fingerprint density at radius 3 is 2.10 bits per heavy atom. The Balaban J connectivity index is 1.81. The summed E-state index contributed by atoms with van der Waals surface area (Å²) >= 11 is 0. The van der Waals surface area contributed by atoms with E-state index in [1.165, 1.54) is 38.4 Å². The van der Waals surface area contributed by atoms with Gasteiger partial charge in [0.1, 0.15) is 5.75 Å². The molecule has 0 aliphatic carbocycles. The molecular weight excluding hydrogens is 396 g/mol. The number of sulfonamides is 1. The van der Waals surface area contributed by atoms with Crippen molar-refractivity contribution in [1.82, 2.24) is 4.31 Å². The Bertz CT molecular complexity index is 964. The molecule has 0 saturated carbocycles. The maximum absolute atomic E-state index is 12.0. The van der Waals surface area contributed by atoms with Crippen LogP contribution < -0.4 is 10.1 Å². The van der Waals surface area contributed by atoms with Gasteiger partial charge in [-0.3, -0.25) is 4.79 Å². The van der Waals surface area contributed by atoms with Gasteiger partial charge in [0, 0.05) is 19.8 Å². The molecule has 2 aromatic carbocycles. The number of amides is 1. The quantitative estimate of drug-likeness (QED) is 0.657. The van der Waals surface area contributed by atoms with Crippen molar-refractivity contribution in [3.8, 4) is 5.75 Å². The molecule has 0 saturated heterocycles. The van der Waals surface area contributed by atoms with Gasteiger partial charge in [-0.1, -0.05) is 6.07 Å². The fourth-order valence-electron chi connectivity index (χ4n) is 2.46. The number of nitrogens with zero attached hydrogens (tertiary/aromatic N) is 1. The first-order valence-electron chi connectivity index (χ1n) is 8.77.